The minimum absolute atomic E-state index is 0.749. The first-order valence-corrected chi connectivity index (χ1v) is 8.84. The van der Waals surface area contributed by atoms with Gasteiger partial charge in [0.1, 0.15) is 0 Å². The van der Waals surface area contributed by atoms with Crippen LogP contribution in [-0.2, 0) is 0 Å². The first kappa shape index (κ1) is 13.9. The molecule has 1 heterocycles. The summed E-state index contributed by atoms with van der Waals surface area (Å²) in [4.78, 5) is 2.87. The highest BCUT2D eigenvalue weighted by molar-refractivity contribution is 4.91. The molecule has 2 heteroatoms. The third-order valence-corrected chi connectivity index (χ3v) is 5.75. The van der Waals surface area contributed by atoms with E-state index in [1.54, 1.807) is 0 Å². The molecule has 3 aliphatic rings. The van der Waals surface area contributed by atoms with Crippen LogP contribution in [0.2, 0.25) is 0 Å². The van der Waals surface area contributed by atoms with Gasteiger partial charge in [-0.2, -0.15) is 0 Å². The summed E-state index contributed by atoms with van der Waals surface area (Å²) in [6, 6.07) is 1.60. The van der Waals surface area contributed by atoms with Gasteiger partial charge in [-0.3, -0.25) is 4.90 Å². The fourth-order valence-electron chi connectivity index (χ4n) is 4.17. The fraction of sp³-hybridized carbons (Fsp3) is 1.00. The molecule has 110 valence electrons. The average Bonchev–Trinajstić information content (AvgIpc) is 3.30. The maximum Gasteiger partial charge on any atom is 0.0249 e. The van der Waals surface area contributed by atoms with E-state index >= 15 is 0 Å². The lowest BCUT2D eigenvalue weighted by Gasteiger charge is -2.45. The fourth-order valence-corrected chi connectivity index (χ4v) is 4.17. The molecule has 1 aliphatic heterocycles. The van der Waals surface area contributed by atoms with Crippen molar-refractivity contribution in [1.82, 2.24) is 10.2 Å². The van der Waals surface area contributed by atoms with Gasteiger partial charge in [-0.05, 0) is 44.1 Å². The number of hydrogen-bond donors (Lipinski definition) is 1. The van der Waals surface area contributed by atoms with Crippen molar-refractivity contribution in [2.24, 2.45) is 11.8 Å². The van der Waals surface area contributed by atoms with Crippen molar-refractivity contribution < 1.29 is 0 Å². The van der Waals surface area contributed by atoms with Gasteiger partial charge >= 0.3 is 0 Å². The van der Waals surface area contributed by atoms with Crippen molar-refractivity contribution in [3.8, 4) is 0 Å². The smallest absolute Gasteiger partial charge is 0.0249 e. The molecule has 0 amide bonds. The van der Waals surface area contributed by atoms with Crippen LogP contribution in [0.25, 0.3) is 0 Å². The van der Waals surface area contributed by atoms with Crippen LogP contribution in [0.1, 0.15) is 64.7 Å². The number of piperazine rings is 1. The number of nitrogens with one attached hydrogen (secondary N) is 1. The normalized spacial score (nSPS) is 34.6. The molecule has 2 aliphatic carbocycles. The second kappa shape index (κ2) is 6.58. The molecule has 0 spiro atoms. The molecule has 1 saturated heterocycles. The van der Waals surface area contributed by atoms with E-state index in [0.717, 1.165) is 23.9 Å². The Morgan fingerprint density at radius 3 is 2.53 bits per heavy atom. The summed E-state index contributed by atoms with van der Waals surface area (Å²) in [6.45, 7) is 6.28. The molecule has 3 fully saturated rings. The second-order valence-electron chi connectivity index (χ2n) is 7.21. The monoisotopic (exact) mass is 264 g/mol. The van der Waals surface area contributed by atoms with Crippen molar-refractivity contribution in [1.29, 1.82) is 0 Å². The Balaban J connectivity index is 1.57. The number of rotatable bonds is 5. The van der Waals surface area contributed by atoms with Crippen LogP contribution in [-0.4, -0.2) is 36.6 Å². The highest BCUT2D eigenvalue weighted by Crippen LogP contribution is 2.34. The topological polar surface area (TPSA) is 15.3 Å². The van der Waals surface area contributed by atoms with Gasteiger partial charge in [-0.25, -0.2) is 0 Å². The zero-order chi connectivity index (χ0) is 13.1. The highest BCUT2D eigenvalue weighted by Gasteiger charge is 2.34. The van der Waals surface area contributed by atoms with Gasteiger partial charge in [0.05, 0.1) is 0 Å². The van der Waals surface area contributed by atoms with E-state index in [4.69, 9.17) is 0 Å². The van der Waals surface area contributed by atoms with Crippen LogP contribution < -0.4 is 5.32 Å². The molecule has 0 aromatic rings. The SMILES string of the molecule is CCC1CN(CCC2CC2)C(C2CCCCC2)CN1. The third-order valence-electron chi connectivity index (χ3n) is 5.75. The molecule has 0 aromatic carbocycles. The molecule has 2 unspecified atom stereocenters. The quantitative estimate of drug-likeness (QED) is 0.818. The molecule has 0 radical (unpaired) electrons. The van der Waals surface area contributed by atoms with Crippen molar-refractivity contribution in [3.63, 3.8) is 0 Å². The number of hydrogen-bond acceptors (Lipinski definition) is 2. The van der Waals surface area contributed by atoms with E-state index < -0.39 is 0 Å². The van der Waals surface area contributed by atoms with Crippen LogP contribution in [0.15, 0.2) is 0 Å². The molecule has 19 heavy (non-hydrogen) atoms. The first-order valence-electron chi connectivity index (χ1n) is 8.84. The Morgan fingerprint density at radius 2 is 1.84 bits per heavy atom. The van der Waals surface area contributed by atoms with Crippen LogP contribution in [0.4, 0.5) is 0 Å². The highest BCUT2D eigenvalue weighted by atomic mass is 15.2. The molecular formula is C17H32N2. The van der Waals surface area contributed by atoms with Gasteiger partial charge in [0.25, 0.3) is 0 Å². The lowest BCUT2D eigenvalue weighted by Crippen LogP contribution is -2.59. The average molecular weight is 264 g/mol. The predicted molar refractivity (Wildman–Crippen MR) is 81.4 cm³/mol. The zero-order valence-electron chi connectivity index (χ0n) is 12.7. The molecule has 1 N–H and O–H groups in total. The van der Waals surface area contributed by atoms with E-state index in [9.17, 15) is 0 Å². The van der Waals surface area contributed by atoms with Crippen molar-refractivity contribution in [2.45, 2.75) is 76.8 Å². The minimum atomic E-state index is 0.749. The maximum atomic E-state index is 3.81. The van der Waals surface area contributed by atoms with Crippen molar-refractivity contribution in [3.05, 3.63) is 0 Å². The maximum absolute atomic E-state index is 3.81. The van der Waals surface area contributed by atoms with Gasteiger partial charge in [0, 0.05) is 25.2 Å². The largest absolute Gasteiger partial charge is 0.311 e. The third kappa shape index (κ3) is 3.72. The summed E-state index contributed by atoms with van der Waals surface area (Å²) in [7, 11) is 0. The summed E-state index contributed by atoms with van der Waals surface area (Å²) in [5, 5.41) is 3.81. The molecule has 0 bridgehead atoms. The Kier molecular flexibility index (Phi) is 4.81. The summed E-state index contributed by atoms with van der Waals surface area (Å²) < 4.78 is 0. The van der Waals surface area contributed by atoms with Gasteiger partial charge in [-0.15, -0.1) is 0 Å². The molecular weight excluding hydrogens is 232 g/mol. The Hall–Kier alpha value is -0.0800. The molecule has 2 saturated carbocycles. The summed E-state index contributed by atoms with van der Waals surface area (Å²) in [6.07, 6.45) is 13.2. The molecule has 3 rings (SSSR count). The Labute approximate surface area is 119 Å². The van der Waals surface area contributed by atoms with E-state index in [1.165, 1.54) is 77.4 Å². The standard InChI is InChI=1S/C17H32N2/c1-2-16-13-19(11-10-14-8-9-14)17(12-18-16)15-6-4-3-5-7-15/h14-18H,2-13H2,1H3. The zero-order valence-corrected chi connectivity index (χ0v) is 12.7. The molecule has 2 nitrogen and oxygen atoms in total. The Bertz CT molecular complexity index is 268. The summed E-state index contributed by atoms with van der Waals surface area (Å²) in [5.41, 5.74) is 0. The first-order chi connectivity index (χ1) is 9.36. The molecule has 2 atom stereocenters. The second-order valence-corrected chi connectivity index (χ2v) is 7.21. The minimum Gasteiger partial charge on any atom is -0.311 e. The summed E-state index contributed by atoms with van der Waals surface area (Å²) >= 11 is 0. The van der Waals surface area contributed by atoms with Crippen LogP contribution in [0, 0.1) is 11.8 Å². The van der Waals surface area contributed by atoms with Crippen molar-refractivity contribution >= 4 is 0 Å². The van der Waals surface area contributed by atoms with Gasteiger partial charge < -0.3 is 5.32 Å². The number of nitrogens with zero attached hydrogens (tertiary/aromatic N) is 1. The van der Waals surface area contributed by atoms with Gasteiger partial charge in [0.15, 0.2) is 0 Å². The summed E-state index contributed by atoms with van der Waals surface area (Å²) in [5.74, 6) is 2.07. The van der Waals surface area contributed by atoms with E-state index in [2.05, 4.69) is 17.1 Å². The lowest BCUT2D eigenvalue weighted by atomic mass is 9.82. The van der Waals surface area contributed by atoms with Crippen LogP contribution in [0.5, 0.6) is 0 Å². The van der Waals surface area contributed by atoms with E-state index in [0.29, 0.717) is 0 Å². The van der Waals surface area contributed by atoms with Crippen molar-refractivity contribution in [2.75, 3.05) is 19.6 Å². The predicted octanol–water partition coefficient (Wildman–Crippen LogP) is 3.42. The lowest BCUT2D eigenvalue weighted by molar-refractivity contribution is 0.0687. The van der Waals surface area contributed by atoms with Gasteiger partial charge in [0.2, 0.25) is 0 Å². The van der Waals surface area contributed by atoms with E-state index in [1.807, 2.05) is 0 Å². The van der Waals surface area contributed by atoms with Crippen LogP contribution >= 0.6 is 0 Å². The molecule has 0 aromatic heterocycles. The van der Waals surface area contributed by atoms with E-state index in [-0.39, 0.29) is 0 Å². The van der Waals surface area contributed by atoms with Crippen LogP contribution in [0.3, 0.4) is 0 Å². The Morgan fingerprint density at radius 1 is 1.05 bits per heavy atom. The van der Waals surface area contributed by atoms with Gasteiger partial charge in [-0.1, -0.05) is 39.0 Å².